The maximum Gasteiger partial charge on any atom is 0.139 e. The molecule has 5 heteroatoms. The molecule has 5 nitrogen and oxygen atoms in total. The Morgan fingerprint density at radius 1 is 1.40 bits per heavy atom. The fraction of sp³-hybridized carbons (Fsp3) is 0.900. The summed E-state index contributed by atoms with van der Waals surface area (Å²) >= 11 is 0. The van der Waals surface area contributed by atoms with Crippen molar-refractivity contribution in [2.24, 2.45) is 10.9 Å². The topological polar surface area (TPSA) is 79.9 Å². The first-order chi connectivity index (χ1) is 7.16. The highest BCUT2D eigenvalue weighted by Crippen LogP contribution is 1.93. The molecule has 0 fully saturated rings. The predicted octanol–water partition coefficient (Wildman–Crippen LogP) is 0.918. The van der Waals surface area contributed by atoms with E-state index >= 15 is 0 Å². The Kier molecular flexibility index (Phi) is 9.21. The van der Waals surface area contributed by atoms with Crippen LogP contribution in [0.2, 0.25) is 0 Å². The highest BCUT2D eigenvalue weighted by Gasteiger charge is 1.94. The van der Waals surface area contributed by atoms with Crippen molar-refractivity contribution in [2.75, 3.05) is 19.7 Å². The summed E-state index contributed by atoms with van der Waals surface area (Å²) in [5.41, 5.74) is 5.33. The van der Waals surface area contributed by atoms with E-state index in [-0.39, 0.29) is 0 Å². The Balaban J connectivity index is 3.05. The minimum atomic E-state index is 0.298. The molecule has 90 valence electrons. The fourth-order valence-electron chi connectivity index (χ4n) is 1.10. The van der Waals surface area contributed by atoms with E-state index in [1.54, 1.807) is 0 Å². The molecule has 0 atom stereocenters. The fourth-order valence-corrected chi connectivity index (χ4v) is 1.10. The summed E-state index contributed by atoms with van der Waals surface area (Å²) in [6, 6.07) is 0. The van der Waals surface area contributed by atoms with Crippen molar-refractivity contribution in [1.29, 1.82) is 0 Å². The predicted molar refractivity (Wildman–Crippen MR) is 61.2 cm³/mol. The standard InChI is InChI=1S/C10H23N3O2/c1-9(2)15-8-7-12-6-4-3-5-10(11)13-14/h9,12,14H,3-8H2,1-2H3,(H2,11,13). The highest BCUT2D eigenvalue weighted by atomic mass is 16.5. The molecule has 0 aromatic heterocycles. The Morgan fingerprint density at radius 2 is 2.13 bits per heavy atom. The smallest absolute Gasteiger partial charge is 0.139 e. The lowest BCUT2D eigenvalue weighted by Crippen LogP contribution is -2.22. The van der Waals surface area contributed by atoms with Crippen molar-refractivity contribution in [3.63, 3.8) is 0 Å². The second kappa shape index (κ2) is 9.73. The first-order valence-corrected chi connectivity index (χ1v) is 5.45. The molecule has 0 rings (SSSR count). The SMILES string of the molecule is CC(C)OCCNCCCCC(N)=NO. The summed E-state index contributed by atoms with van der Waals surface area (Å²) < 4.78 is 5.37. The molecule has 15 heavy (non-hydrogen) atoms. The van der Waals surface area contributed by atoms with Gasteiger partial charge in [0.25, 0.3) is 0 Å². The Labute approximate surface area is 91.7 Å². The van der Waals surface area contributed by atoms with Crippen LogP contribution in [0.1, 0.15) is 33.1 Å². The van der Waals surface area contributed by atoms with Gasteiger partial charge < -0.3 is 21.0 Å². The van der Waals surface area contributed by atoms with Gasteiger partial charge in [0.15, 0.2) is 0 Å². The number of unbranched alkanes of at least 4 members (excludes halogenated alkanes) is 1. The van der Waals surface area contributed by atoms with Crippen molar-refractivity contribution in [3.05, 3.63) is 0 Å². The number of oxime groups is 1. The van der Waals surface area contributed by atoms with E-state index < -0.39 is 0 Å². The number of amidine groups is 1. The summed E-state index contributed by atoms with van der Waals surface area (Å²) in [5, 5.41) is 14.5. The lowest BCUT2D eigenvalue weighted by atomic mass is 10.2. The second-order valence-electron chi connectivity index (χ2n) is 3.72. The minimum absolute atomic E-state index is 0.298. The van der Waals surface area contributed by atoms with Crippen molar-refractivity contribution in [1.82, 2.24) is 5.32 Å². The minimum Gasteiger partial charge on any atom is -0.409 e. The average Bonchev–Trinajstić information content (AvgIpc) is 2.21. The van der Waals surface area contributed by atoms with Gasteiger partial charge in [-0.25, -0.2) is 0 Å². The quantitative estimate of drug-likeness (QED) is 0.176. The molecule has 0 saturated carbocycles. The van der Waals surface area contributed by atoms with Crippen LogP contribution in [-0.4, -0.2) is 36.8 Å². The molecule has 0 aliphatic carbocycles. The van der Waals surface area contributed by atoms with Crippen molar-refractivity contribution >= 4 is 5.84 Å². The molecule has 0 bridgehead atoms. The molecule has 4 N–H and O–H groups in total. The van der Waals surface area contributed by atoms with E-state index in [1.807, 2.05) is 13.8 Å². The van der Waals surface area contributed by atoms with Gasteiger partial charge in [-0.15, -0.1) is 0 Å². The van der Waals surface area contributed by atoms with Gasteiger partial charge in [0, 0.05) is 13.0 Å². The lowest BCUT2D eigenvalue weighted by Gasteiger charge is -2.08. The maximum atomic E-state index is 8.29. The van der Waals surface area contributed by atoms with Crippen LogP contribution in [0.5, 0.6) is 0 Å². The van der Waals surface area contributed by atoms with Crippen LogP contribution < -0.4 is 11.1 Å². The van der Waals surface area contributed by atoms with Crippen LogP contribution in [0.15, 0.2) is 5.16 Å². The van der Waals surface area contributed by atoms with E-state index in [4.69, 9.17) is 15.7 Å². The molecule has 0 heterocycles. The number of hydrogen-bond acceptors (Lipinski definition) is 4. The zero-order valence-electron chi connectivity index (χ0n) is 9.70. The molecule has 0 aliphatic heterocycles. The molecule has 0 aliphatic rings. The summed E-state index contributed by atoms with van der Waals surface area (Å²) in [4.78, 5) is 0. The van der Waals surface area contributed by atoms with Crippen LogP contribution in [0, 0.1) is 0 Å². The van der Waals surface area contributed by atoms with Crippen molar-refractivity contribution in [3.8, 4) is 0 Å². The Bertz CT molecular complexity index is 172. The summed E-state index contributed by atoms with van der Waals surface area (Å²) in [6.07, 6.45) is 2.92. The Morgan fingerprint density at radius 3 is 2.73 bits per heavy atom. The largest absolute Gasteiger partial charge is 0.409 e. The van der Waals surface area contributed by atoms with Gasteiger partial charge in [-0.3, -0.25) is 0 Å². The van der Waals surface area contributed by atoms with E-state index in [9.17, 15) is 0 Å². The van der Waals surface area contributed by atoms with Crippen LogP contribution in [-0.2, 0) is 4.74 Å². The van der Waals surface area contributed by atoms with Crippen LogP contribution in [0.3, 0.4) is 0 Å². The van der Waals surface area contributed by atoms with Gasteiger partial charge in [0.1, 0.15) is 5.84 Å². The monoisotopic (exact) mass is 217 g/mol. The van der Waals surface area contributed by atoms with E-state index in [2.05, 4.69) is 10.5 Å². The zero-order chi connectivity index (χ0) is 11.5. The normalized spacial score (nSPS) is 12.3. The first kappa shape index (κ1) is 14.2. The van der Waals surface area contributed by atoms with Gasteiger partial charge in [-0.05, 0) is 33.2 Å². The third kappa shape index (κ3) is 11.1. The van der Waals surface area contributed by atoms with E-state index in [1.165, 1.54) is 0 Å². The third-order valence-corrected chi connectivity index (χ3v) is 1.89. The average molecular weight is 217 g/mol. The molecule has 0 aromatic rings. The number of rotatable bonds is 9. The summed E-state index contributed by atoms with van der Waals surface area (Å²) in [5.74, 6) is 0.304. The molecule has 0 unspecified atom stereocenters. The van der Waals surface area contributed by atoms with Crippen LogP contribution in [0.4, 0.5) is 0 Å². The van der Waals surface area contributed by atoms with Crippen LogP contribution >= 0.6 is 0 Å². The van der Waals surface area contributed by atoms with Gasteiger partial charge in [0.2, 0.25) is 0 Å². The molecular weight excluding hydrogens is 194 g/mol. The van der Waals surface area contributed by atoms with E-state index in [0.717, 1.165) is 32.5 Å². The molecule has 0 saturated heterocycles. The molecular formula is C10H23N3O2. The van der Waals surface area contributed by atoms with Gasteiger partial charge >= 0.3 is 0 Å². The summed E-state index contributed by atoms with van der Waals surface area (Å²) in [6.45, 7) is 6.62. The molecule has 0 spiro atoms. The third-order valence-electron chi connectivity index (χ3n) is 1.89. The van der Waals surface area contributed by atoms with Crippen molar-refractivity contribution < 1.29 is 9.94 Å². The second-order valence-corrected chi connectivity index (χ2v) is 3.72. The highest BCUT2D eigenvalue weighted by molar-refractivity contribution is 5.79. The molecule has 0 radical (unpaired) electrons. The zero-order valence-corrected chi connectivity index (χ0v) is 9.70. The van der Waals surface area contributed by atoms with Gasteiger partial charge in [0.05, 0.1) is 12.7 Å². The molecule has 0 amide bonds. The van der Waals surface area contributed by atoms with E-state index in [0.29, 0.717) is 18.4 Å². The maximum absolute atomic E-state index is 8.29. The first-order valence-electron chi connectivity index (χ1n) is 5.45. The Hall–Kier alpha value is -0.810. The van der Waals surface area contributed by atoms with Crippen LogP contribution in [0.25, 0.3) is 0 Å². The number of nitrogens with zero attached hydrogens (tertiary/aromatic N) is 1. The van der Waals surface area contributed by atoms with Crippen molar-refractivity contribution in [2.45, 2.75) is 39.2 Å². The molecule has 0 aromatic carbocycles. The number of nitrogens with one attached hydrogen (secondary N) is 1. The number of nitrogens with two attached hydrogens (primary N) is 1. The van der Waals surface area contributed by atoms with Gasteiger partial charge in [-0.2, -0.15) is 0 Å². The number of ether oxygens (including phenoxy) is 1. The lowest BCUT2D eigenvalue weighted by molar-refractivity contribution is 0.0809. The summed E-state index contributed by atoms with van der Waals surface area (Å²) in [7, 11) is 0. The van der Waals surface area contributed by atoms with Gasteiger partial charge in [-0.1, -0.05) is 5.16 Å². The number of hydrogen-bond donors (Lipinski definition) is 3.